The number of hydrogen-bond donors (Lipinski definition) is 2. The van der Waals surface area contributed by atoms with E-state index in [1.165, 1.54) is 25.7 Å². The highest BCUT2D eigenvalue weighted by molar-refractivity contribution is 5.26. The fourth-order valence-electron chi connectivity index (χ4n) is 7.50. The molecule has 0 aromatic heterocycles. The predicted octanol–water partition coefficient (Wildman–Crippen LogP) is 4.45. The van der Waals surface area contributed by atoms with E-state index >= 15 is 0 Å². The first-order valence-electron chi connectivity index (χ1n) is 9.91. The van der Waals surface area contributed by atoms with Crippen molar-refractivity contribution in [3.8, 4) is 0 Å². The molecule has 4 aliphatic carbocycles. The first-order chi connectivity index (χ1) is 10.8. The Labute approximate surface area is 141 Å². The minimum Gasteiger partial charge on any atom is -0.393 e. The molecular formula is C21H34O2. The summed E-state index contributed by atoms with van der Waals surface area (Å²) in [6.45, 7) is 7.02. The molecule has 0 aliphatic heterocycles. The molecular weight excluding hydrogens is 284 g/mol. The van der Waals surface area contributed by atoms with Gasteiger partial charge in [-0.15, -0.1) is 0 Å². The highest BCUT2D eigenvalue weighted by Gasteiger charge is 2.65. The van der Waals surface area contributed by atoms with Gasteiger partial charge in [0.25, 0.3) is 0 Å². The molecule has 0 saturated heterocycles. The summed E-state index contributed by atoms with van der Waals surface area (Å²) < 4.78 is 0. The van der Waals surface area contributed by atoms with Crippen LogP contribution in [0.1, 0.15) is 78.6 Å². The molecule has 0 bridgehead atoms. The van der Waals surface area contributed by atoms with Gasteiger partial charge in [0, 0.05) is 0 Å². The number of allylic oxidation sites excluding steroid dienone is 2. The van der Waals surface area contributed by atoms with Gasteiger partial charge < -0.3 is 10.2 Å². The van der Waals surface area contributed by atoms with Gasteiger partial charge in [-0.1, -0.05) is 25.5 Å². The monoisotopic (exact) mass is 318 g/mol. The molecule has 4 aliphatic rings. The fraction of sp³-hybridized carbons (Fsp3) is 0.905. The van der Waals surface area contributed by atoms with Gasteiger partial charge in [0.2, 0.25) is 0 Å². The van der Waals surface area contributed by atoms with Gasteiger partial charge in [-0.25, -0.2) is 0 Å². The Bertz CT molecular complexity index is 526. The van der Waals surface area contributed by atoms with Gasteiger partial charge in [0.1, 0.15) is 0 Å². The van der Waals surface area contributed by atoms with E-state index in [4.69, 9.17) is 0 Å². The molecule has 0 amide bonds. The zero-order valence-corrected chi connectivity index (χ0v) is 15.1. The molecule has 7 atom stereocenters. The van der Waals surface area contributed by atoms with Crippen molar-refractivity contribution < 1.29 is 10.2 Å². The van der Waals surface area contributed by atoms with Crippen LogP contribution in [0.4, 0.5) is 0 Å². The number of aliphatic hydroxyl groups excluding tert-OH is 1. The summed E-state index contributed by atoms with van der Waals surface area (Å²) in [6, 6.07) is 0. The number of aliphatic hydroxyl groups is 2. The number of fused-ring (bicyclic) bond motifs is 5. The largest absolute Gasteiger partial charge is 0.393 e. The van der Waals surface area contributed by atoms with Crippen molar-refractivity contribution in [1.29, 1.82) is 0 Å². The Morgan fingerprint density at radius 2 is 1.78 bits per heavy atom. The summed E-state index contributed by atoms with van der Waals surface area (Å²) >= 11 is 0. The molecule has 0 aromatic carbocycles. The topological polar surface area (TPSA) is 40.5 Å². The Balaban J connectivity index is 1.70. The second-order valence-corrected chi connectivity index (χ2v) is 9.53. The summed E-state index contributed by atoms with van der Waals surface area (Å²) in [7, 11) is 0. The van der Waals surface area contributed by atoms with E-state index in [2.05, 4.69) is 26.8 Å². The van der Waals surface area contributed by atoms with Crippen molar-refractivity contribution in [2.45, 2.75) is 90.3 Å². The third-order valence-electron chi connectivity index (χ3n) is 9.02. The van der Waals surface area contributed by atoms with Crippen LogP contribution >= 0.6 is 0 Å². The minimum absolute atomic E-state index is 0.0230. The second kappa shape index (κ2) is 5.08. The quantitative estimate of drug-likeness (QED) is 0.648. The van der Waals surface area contributed by atoms with Crippen molar-refractivity contribution >= 4 is 0 Å². The van der Waals surface area contributed by atoms with Gasteiger partial charge in [-0.2, -0.15) is 0 Å². The summed E-state index contributed by atoms with van der Waals surface area (Å²) in [5, 5.41) is 22.1. The van der Waals surface area contributed by atoms with Gasteiger partial charge >= 0.3 is 0 Å². The summed E-state index contributed by atoms with van der Waals surface area (Å²) in [4.78, 5) is 0. The molecule has 0 radical (unpaired) electrons. The Morgan fingerprint density at radius 3 is 2.52 bits per heavy atom. The molecule has 0 spiro atoms. The molecule has 0 aromatic rings. The summed E-state index contributed by atoms with van der Waals surface area (Å²) in [6.07, 6.45) is 12.0. The van der Waals surface area contributed by atoms with Crippen LogP contribution in [0.15, 0.2) is 11.6 Å². The third-order valence-corrected chi connectivity index (χ3v) is 9.02. The van der Waals surface area contributed by atoms with Gasteiger partial charge in [0.05, 0.1) is 11.7 Å². The molecule has 0 heterocycles. The molecule has 4 saturated carbocycles. The van der Waals surface area contributed by atoms with Crippen LogP contribution in [0, 0.1) is 28.6 Å². The van der Waals surface area contributed by atoms with E-state index < -0.39 is 5.60 Å². The molecule has 2 heteroatoms. The van der Waals surface area contributed by atoms with Crippen molar-refractivity contribution in [3.05, 3.63) is 11.6 Å². The first-order valence-corrected chi connectivity index (χ1v) is 9.91. The Hall–Kier alpha value is -0.340. The van der Waals surface area contributed by atoms with Crippen LogP contribution in [0.25, 0.3) is 0 Å². The van der Waals surface area contributed by atoms with Crippen LogP contribution in [-0.4, -0.2) is 21.9 Å². The average Bonchev–Trinajstić information content (AvgIpc) is 2.86. The second-order valence-electron chi connectivity index (χ2n) is 9.53. The number of rotatable bonds is 0. The molecule has 2 nitrogen and oxygen atoms in total. The molecule has 23 heavy (non-hydrogen) atoms. The third kappa shape index (κ3) is 1.94. The highest BCUT2D eigenvalue weighted by Crippen LogP contribution is 2.68. The standard InChI is InChI=1S/C21H34O2/c1-4-14-5-7-17-18-8-6-15-13-16(22)9-10-20(15,3)21(18,23)12-11-19(14,17)2/h4,15-18,22-23H,5-13H2,1-3H3/b14-4-/t15?,16-,17?,18?,19-,20+,21-/m1/s1. The summed E-state index contributed by atoms with van der Waals surface area (Å²) in [5.74, 6) is 1.65. The van der Waals surface area contributed by atoms with Crippen LogP contribution in [-0.2, 0) is 0 Å². The lowest BCUT2D eigenvalue weighted by molar-refractivity contribution is -0.235. The van der Waals surface area contributed by atoms with Gasteiger partial charge in [0.15, 0.2) is 0 Å². The van der Waals surface area contributed by atoms with Crippen molar-refractivity contribution in [1.82, 2.24) is 0 Å². The van der Waals surface area contributed by atoms with E-state index in [1.54, 1.807) is 5.57 Å². The lowest BCUT2D eigenvalue weighted by Crippen LogP contribution is -2.65. The van der Waals surface area contributed by atoms with Crippen molar-refractivity contribution in [3.63, 3.8) is 0 Å². The van der Waals surface area contributed by atoms with E-state index in [1.807, 2.05) is 0 Å². The van der Waals surface area contributed by atoms with Crippen molar-refractivity contribution in [2.75, 3.05) is 0 Å². The highest BCUT2D eigenvalue weighted by atomic mass is 16.3. The van der Waals surface area contributed by atoms with Gasteiger partial charge in [-0.05, 0) is 93.3 Å². The van der Waals surface area contributed by atoms with Crippen LogP contribution < -0.4 is 0 Å². The smallest absolute Gasteiger partial charge is 0.0735 e. The first kappa shape index (κ1) is 16.1. The molecule has 3 unspecified atom stereocenters. The maximum Gasteiger partial charge on any atom is 0.0735 e. The molecule has 4 fully saturated rings. The maximum absolute atomic E-state index is 12.0. The van der Waals surface area contributed by atoms with Crippen LogP contribution in [0.5, 0.6) is 0 Å². The Morgan fingerprint density at radius 1 is 1.00 bits per heavy atom. The normalized spacial score (nSPS) is 57.7. The molecule has 2 N–H and O–H groups in total. The van der Waals surface area contributed by atoms with E-state index in [0.717, 1.165) is 32.1 Å². The van der Waals surface area contributed by atoms with Crippen LogP contribution in [0.3, 0.4) is 0 Å². The lowest BCUT2D eigenvalue weighted by Gasteiger charge is -2.65. The molecule has 130 valence electrons. The predicted molar refractivity (Wildman–Crippen MR) is 93.0 cm³/mol. The lowest BCUT2D eigenvalue weighted by atomic mass is 9.42. The fourth-order valence-corrected chi connectivity index (χ4v) is 7.50. The van der Waals surface area contributed by atoms with Gasteiger partial charge in [-0.3, -0.25) is 0 Å². The van der Waals surface area contributed by atoms with Crippen LogP contribution in [0.2, 0.25) is 0 Å². The van der Waals surface area contributed by atoms with E-state index in [9.17, 15) is 10.2 Å². The number of hydrogen-bond acceptors (Lipinski definition) is 2. The van der Waals surface area contributed by atoms with Crippen molar-refractivity contribution in [2.24, 2.45) is 28.6 Å². The zero-order chi connectivity index (χ0) is 16.5. The zero-order valence-electron chi connectivity index (χ0n) is 15.1. The maximum atomic E-state index is 12.0. The van der Waals surface area contributed by atoms with E-state index in [0.29, 0.717) is 23.2 Å². The minimum atomic E-state index is -0.497. The molecule has 4 rings (SSSR count). The SMILES string of the molecule is C/C=C1/CCC2C3CCC4C[C@H](O)CC[C@]4(C)[C@@]3(O)CC[C@]12C. The Kier molecular flexibility index (Phi) is 3.57. The van der Waals surface area contributed by atoms with E-state index in [-0.39, 0.29) is 11.5 Å². The summed E-state index contributed by atoms with van der Waals surface area (Å²) in [5.41, 5.74) is 1.51. The average molecular weight is 319 g/mol.